The zero-order valence-corrected chi connectivity index (χ0v) is 21.1. The van der Waals surface area contributed by atoms with Crippen LogP contribution in [-0.2, 0) is 4.79 Å². The number of nitrogens with one attached hydrogen (secondary N) is 1. The number of halogens is 2. The molecule has 1 heterocycles. The van der Waals surface area contributed by atoms with Crippen molar-refractivity contribution in [2.24, 2.45) is 5.92 Å². The average Bonchev–Trinajstić information content (AvgIpc) is 2.86. The molecule has 0 bridgehead atoms. The smallest absolute Gasteiger partial charge is 0.239 e. The van der Waals surface area contributed by atoms with Gasteiger partial charge < -0.3 is 10.2 Å². The van der Waals surface area contributed by atoms with E-state index in [2.05, 4.69) is 24.1 Å². The first-order chi connectivity index (χ1) is 16.9. The molecule has 0 spiro atoms. The van der Waals surface area contributed by atoms with Gasteiger partial charge in [-0.05, 0) is 60.6 Å². The normalized spacial score (nSPS) is 18.9. The van der Waals surface area contributed by atoms with Crippen LogP contribution in [0.3, 0.4) is 0 Å². The summed E-state index contributed by atoms with van der Waals surface area (Å²) in [5, 5.41) is 3.70. The van der Waals surface area contributed by atoms with E-state index in [1.807, 2.05) is 4.90 Å². The molecule has 1 amide bonds. The van der Waals surface area contributed by atoms with E-state index in [1.165, 1.54) is 43.5 Å². The zero-order chi connectivity index (χ0) is 24.8. The van der Waals surface area contributed by atoms with Gasteiger partial charge in [0.05, 0.1) is 12.1 Å². The number of hydrogen-bond donors (Lipinski definition) is 1. The second kappa shape index (κ2) is 12.1. The van der Waals surface area contributed by atoms with Crippen LogP contribution in [0.5, 0.6) is 0 Å². The standard InChI is InChI=1S/C29H39F2N3O/c1-21(2)20-27(32-26-6-4-3-5-7-26)29(35)34-18-16-33(17-19-34)28(22-8-12-24(30)13-9-22)23-10-14-25(31)15-11-23/h8-15,21,26-28,32H,3-7,16-20H2,1-2H3. The lowest BCUT2D eigenvalue weighted by Gasteiger charge is -2.41. The molecule has 1 saturated carbocycles. The molecular formula is C29H39F2N3O. The highest BCUT2D eigenvalue weighted by atomic mass is 19.1. The molecule has 0 radical (unpaired) electrons. The van der Waals surface area contributed by atoms with E-state index in [0.717, 1.165) is 30.4 Å². The average molecular weight is 484 g/mol. The van der Waals surface area contributed by atoms with Crippen molar-refractivity contribution in [3.63, 3.8) is 0 Å². The molecule has 2 fully saturated rings. The van der Waals surface area contributed by atoms with Crippen molar-refractivity contribution >= 4 is 5.91 Å². The third-order valence-corrected chi connectivity index (χ3v) is 7.41. The highest BCUT2D eigenvalue weighted by Gasteiger charge is 2.32. The second-order valence-electron chi connectivity index (χ2n) is 10.6. The first-order valence-corrected chi connectivity index (χ1v) is 13.2. The molecule has 1 N–H and O–H groups in total. The van der Waals surface area contributed by atoms with Gasteiger partial charge in [-0.3, -0.25) is 9.69 Å². The van der Waals surface area contributed by atoms with Crippen molar-refractivity contribution in [1.29, 1.82) is 0 Å². The number of nitrogens with zero attached hydrogens (tertiary/aromatic N) is 2. The van der Waals surface area contributed by atoms with Crippen LogP contribution in [0.1, 0.15) is 69.5 Å². The summed E-state index contributed by atoms with van der Waals surface area (Å²) in [7, 11) is 0. The molecule has 4 nitrogen and oxygen atoms in total. The van der Waals surface area contributed by atoms with E-state index in [-0.39, 0.29) is 29.6 Å². The Labute approximate surface area is 208 Å². The Morgan fingerprint density at radius 1 is 0.857 bits per heavy atom. The van der Waals surface area contributed by atoms with Crippen LogP contribution in [0.2, 0.25) is 0 Å². The van der Waals surface area contributed by atoms with E-state index in [0.29, 0.717) is 38.1 Å². The minimum Gasteiger partial charge on any atom is -0.339 e. The van der Waals surface area contributed by atoms with Gasteiger partial charge in [-0.15, -0.1) is 0 Å². The van der Waals surface area contributed by atoms with Gasteiger partial charge in [0, 0.05) is 32.2 Å². The molecule has 6 heteroatoms. The monoisotopic (exact) mass is 483 g/mol. The van der Waals surface area contributed by atoms with Crippen molar-refractivity contribution < 1.29 is 13.6 Å². The fourth-order valence-electron chi connectivity index (χ4n) is 5.59. The molecule has 1 aliphatic carbocycles. The molecule has 190 valence electrons. The predicted molar refractivity (Wildman–Crippen MR) is 136 cm³/mol. The molecule has 2 aliphatic rings. The van der Waals surface area contributed by atoms with Crippen LogP contribution in [-0.4, -0.2) is 54.0 Å². The Kier molecular flexibility index (Phi) is 8.90. The molecule has 2 aromatic rings. The summed E-state index contributed by atoms with van der Waals surface area (Å²) in [4.78, 5) is 17.9. The van der Waals surface area contributed by atoms with E-state index < -0.39 is 0 Å². The number of carbonyl (C=O) groups excluding carboxylic acids is 1. The molecule has 35 heavy (non-hydrogen) atoms. The van der Waals surface area contributed by atoms with Gasteiger partial charge in [-0.2, -0.15) is 0 Å². The topological polar surface area (TPSA) is 35.6 Å². The molecular weight excluding hydrogens is 444 g/mol. The minimum atomic E-state index is -0.274. The molecule has 1 atom stereocenters. The Morgan fingerprint density at radius 3 is 1.86 bits per heavy atom. The van der Waals surface area contributed by atoms with Crippen molar-refractivity contribution in [2.75, 3.05) is 26.2 Å². The molecule has 4 rings (SSSR count). The highest BCUT2D eigenvalue weighted by Crippen LogP contribution is 2.30. The number of hydrogen-bond acceptors (Lipinski definition) is 3. The summed E-state index contributed by atoms with van der Waals surface area (Å²) in [5.74, 6) is 0.110. The lowest BCUT2D eigenvalue weighted by Crippen LogP contribution is -2.56. The lowest BCUT2D eigenvalue weighted by molar-refractivity contribution is -0.136. The van der Waals surface area contributed by atoms with Crippen LogP contribution in [0.15, 0.2) is 48.5 Å². The Morgan fingerprint density at radius 2 is 1.37 bits per heavy atom. The number of piperazine rings is 1. The van der Waals surface area contributed by atoms with Crippen LogP contribution < -0.4 is 5.32 Å². The Hall–Kier alpha value is -2.31. The van der Waals surface area contributed by atoms with Crippen molar-refractivity contribution in [1.82, 2.24) is 15.1 Å². The molecule has 1 unspecified atom stereocenters. The van der Waals surface area contributed by atoms with Gasteiger partial charge in [0.25, 0.3) is 0 Å². The van der Waals surface area contributed by atoms with Gasteiger partial charge in [-0.1, -0.05) is 57.4 Å². The fraction of sp³-hybridized carbons (Fsp3) is 0.552. The third kappa shape index (κ3) is 6.89. The summed E-state index contributed by atoms with van der Waals surface area (Å²) >= 11 is 0. The summed E-state index contributed by atoms with van der Waals surface area (Å²) in [6, 6.07) is 13.3. The minimum absolute atomic E-state index is 0.111. The van der Waals surface area contributed by atoms with Gasteiger partial charge >= 0.3 is 0 Å². The van der Waals surface area contributed by atoms with Crippen LogP contribution >= 0.6 is 0 Å². The largest absolute Gasteiger partial charge is 0.339 e. The second-order valence-corrected chi connectivity index (χ2v) is 10.6. The summed E-state index contributed by atoms with van der Waals surface area (Å²) in [6.07, 6.45) is 6.95. The lowest BCUT2D eigenvalue weighted by atomic mass is 9.93. The van der Waals surface area contributed by atoms with Crippen molar-refractivity contribution in [3.05, 3.63) is 71.3 Å². The summed E-state index contributed by atoms with van der Waals surface area (Å²) in [6.45, 7) is 7.08. The Balaban J connectivity index is 1.45. The zero-order valence-electron chi connectivity index (χ0n) is 21.1. The fourth-order valence-corrected chi connectivity index (χ4v) is 5.59. The Bertz CT molecular complexity index is 888. The van der Waals surface area contributed by atoms with Gasteiger partial charge in [0.15, 0.2) is 0 Å². The maximum Gasteiger partial charge on any atom is 0.239 e. The third-order valence-electron chi connectivity index (χ3n) is 7.41. The van der Waals surface area contributed by atoms with Crippen molar-refractivity contribution in [3.8, 4) is 0 Å². The molecule has 1 saturated heterocycles. The quantitative estimate of drug-likeness (QED) is 0.536. The highest BCUT2D eigenvalue weighted by molar-refractivity contribution is 5.82. The van der Waals surface area contributed by atoms with Crippen LogP contribution in [0.25, 0.3) is 0 Å². The van der Waals surface area contributed by atoms with Crippen LogP contribution in [0.4, 0.5) is 8.78 Å². The molecule has 0 aromatic heterocycles. The van der Waals surface area contributed by atoms with Gasteiger partial charge in [0.1, 0.15) is 11.6 Å². The van der Waals surface area contributed by atoms with Crippen LogP contribution in [0, 0.1) is 17.6 Å². The number of carbonyl (C=O) groups is 1. The number of benzene rings is 2. The van der Waals surface area contributed by atoms with Gasteiger partial charge in [0.2, 0.25) is 5.91 Å². The maximum atomic E-state index is 13.6. The first kappa shape index (κ1) is 25.8. The maximum absolute atomic E-state index is 13.6. The number of amides is 1. The molecule has 2 aromatic carbocycles. The van der Waals surface area contributed by atoms with E-state index >= 15 is 0 Å². The molecule has 1 aliphatic heterocycles. The summed E-state index contributed by atoms with van der Waals surface area (Å²) < 4.78 is 27.2. The van der Waals surface area contributed by atoms with E-state index in [1.54, 1.807) is 24.3 Å². The van der Waals surface area contributed by atoms with Gasteiger partial charge in [-0.25, -0.2) is 8.78 Å². The van der Waals surface area contributed by atoms with E-state index in [9.17, 15) is 13.6 Å². The predicted octanol–water partition coefficient (Wildman–Crippen LogP) is 5.54. The summed E-state index contributed by atoms with van der Waals surface area (Å²) in [5.41, 5.74) is 1.93. The first-order valence-electron chi connectivity index (χ1n) is 13.2. The van der Waals surface area contributed by atoms with E-state index in [4.69, 9.17) is 0 Å². The number of rotatable bonds is 8. The SMILES string of the molecule is CC(C)CC(NC1CCCCC1)C(=O)N1CCN(C(c2ccc(F)cc2)c2ccc(F)cc2)CC1. The van der Waals surface area contributed by atoms with Crippen molar-refractivity contribution in [2.45, 2.75) is 70.5 Å².